The Bertz CT molecular complexity index is 2980. The summed E-state index contributed by atoms with van der Waals surface area (Å²) in [5.74, 6) is -0.828. The van der Waals surface area contributed by atoms with Gasteiger partial charge in [0.1, 0.15) is 35.8 Å². The molecule has 3 aliphatic heterocycles. The van der Waals surface area contributed by atoms with E-state index in [1.807, 2.05) is 62.4 Å². The van der Waals surface area contributed by atoms with Crippen LogP contribution in [-0.4, -0.2) is 152 Å². The number of thiazole rings is 1. The van der Waals surface area contributed by atoms with Crippen molar-refractivity contribution in [1.29, 1.82) is 0 Å². The number of ether oxygens (including phenoxy) is 1. The molecule has 1 unspecified atom stereocenters. The van der Waals surface area contributed by atoms with Crippen LogP contribution in [0, 0.1) is 18.2 Å². The summed E-state index contributed by atoms with van der Waals surface area (Å²) in [6.07, 6.45) is 8.39. The summed E-state index contributed by atoms with van der Waals surface area (Å²) in [5.41, 5.74) is 5.65. The molecular weight excluding hydrogens is 1060 g/mol. The topological polar surface area (TPSA) is 215 Å². The van der Waals surface area contributed by atoms with Gasteiger partial charge in [-0.1, -0.05) is 76.1 Å². The van der Waals surface area contributed by atoms with E-state index >= 15 is 0 Å². The third-order valence-corrected chi connectivity index (χ3v) is 16.5. The highest BCUT2D eigenvalue weighted by atomic mass is 35.5. The minimum absolute atomic E-state index is 0.00857. The van der Waals surface area contributed by atoms with Crippen molar-refractivity contribution in [2.75, 3.05) is 69.6 Å². The maximum atomic E-state index is 14.1. The fourth-order valence-corrected chi connectivity index (χ4v) is 11.7. The lowest BCUT2D eigenvalue weighted by Gasteiger charge is -2.42. The number of aliphatic hydroxyl groups is 1. The molecule has 3 aromatic carbocycles. The molecule has 21 heteroatoms. The van der Waals surface area contributed by atoms with E-state index in [-0.39, 0.29) is 54.6 Å². The quantitative estimate of drug-likeness (QED) is 0.0308. The average Bonchev–Trinajstić information content (AvgIpc) is 4.11. The number of halogens is 2. The third-order valence-electron chi connectivity index (χ3n) is 15.2. The molecule has 0 saturated carbocycles. The fraction of sp³-hybridized carbons (Fsp3) is 0.492. The second-order valence-electron chi connectivity index (χ2n) is 22.1. The van der Waals surface area contributed by atoms with Crippen molar-refractivity contribution in [3.63, 3.8) is 0 Å². The molecule has 2 aromatic heterocycles. The summed E-state index contributed by atoms with van der Waals surface area (Å²) in [7, 11) is 0. The first-order valence-corrected chi connectivity index (χ1v) is 29.1. The normalized spacial score (nSPS) is 17.7. The Hall–Kier alpha value is -6.58. The molecule has 5 amide bonds. The number of fused-ring (bicyclic) bond motifs is 1. The zero-order valence-corrected chi connectivity index (χ0v) is 47.9. The molecule has 428 valence electrons. The third kappa shape index (κ3) is 15.9. The van der Waals surface area contributed by atoms with E-state index in [1.165, 1.54) is 29.4 Å². The molecule has 5 heterocycles. The molecule has 5 aromatic rings. The van der Waals surface area contributed by atoms with Crippen LogP contribution in [0.1, 0.15) is 96.2 Å². The lowest BCUT2D eigenvalue weighted by molar-refractivity contribution is -0.144. The van der Waals surface area contributed by atoms with Gasteiger partial charge < -0.3 is 45.8 Å². The van der Waals surface area contributed by atoms with Crippen LogP contribution in [0.25, 0.3) is 21.3 Å². The molecule has 3 fully saturated rings. The number of hydrogen-bond acceptors (Lipinski definition) is 14. The second kappa shape index (κ2) is 27.7. The number of carbonyl (C=O) groups excluding carboxylic acids is 5. The number of rotatable bonds is 23. The number of piperazine rings is 1. The molecule has 0 aliphatic carbocycles. The van der Waals surface area contributed by atoms with Crippen molar-refractivity contribution in [2.24, 2.45) is 5.41 Å². The van der Waals surface area contributed by atoms with Crippen LogP contribution in [-0.2, 0) is 30.5 Å². The predicted octanol–water partition coefficient (Wildman–Crippen LogP) is 8.25. The Morgan fingerprint density at radius 2 is 1.66 bits per heavy atom. The number of nitrogens with one attached hydrogen (secondary N) is 4. The van der Waals surface area contributed by atoms with Crippen molar-refractivity contribution >= 4 is 80.6 Å². The second-order valence-corrected chi connectivity index (χ2v) is 23.3. The number of piperidine rings is 1. The van der Waals surface area contributed by atoms with Gasteiger partial charge in [0, 0.05) is 88.3 Å². The van der Waals surface area contributed by atoms with Crippen LogP contribution in [0.3, 0.4) is 0 Å². The van der Waals surface area contributed by atoms with Crippen molar-refractivity contribution in [3.05, 3.63) is 101 Å². The molecule has 8 rings (SSSR count). The Balaban J connectivity index is 0.696. The first-order chi connectivity index (χ1) is 38.4. The van der Waals surface area contributed by atoms with Gasteiger partial charge in [-0.05, 0) is 99.0 Å². The average molecular weight is 1140 g/mol. The van der Waals surface area contributed by atoms with Crippen molar-refractivity contribution in [3.8, 4) is 16.2 Å². The van der Waals surface area contributed by atoms with Crippen LogP contribution >= 0.6 is 22.9 Å². The van der Waals surface area contributed by atoms with Crippen molar-refractivity contribution in [1.82, 2.24) is 45.2 Å². The smallest absolute Gasteiger partial charge is 0.247 e. The molecule has 5 N–H and O–H groups in total. The first kappa shape index (κ1) is 59.5. The number of carbonyl (C=O) groups is 5. The van der Waals surface area contributed by atoms with Crippen LogP contribution in [0.5, 0.6) is 5.75 Å². The standard InChI is InChI=1S/C59H75ClFN11O7S/c1-6-51(74)67-48-32-44-47(63-36-64-56(44)66-41-18-19-46(61)45(60)30-41)33-50(48)79-29-11-22-69-23-20-42(21-24-69)70-25-27-71(28-26-70)53(76)13-10-8-7-9-12-52(75)68-55(59(3,4)5)58(78)72-35-43(73)31-49(72)57(77)62-34-39-14-16-40(17-15-39)54-38(2)65-37-80-54/h6,14-19,30,32-33,36-37,42-43,49,55,73H,1,7-13,20-29,31,34-35H2,2-5H3,(H,62,77)(H,67,74)(H,68,75)(H,63,64,66)/t43-,49+,55?/m1/s1. The number of anilines is 3. The van der Waals surface area contributed by atoms with Gasteiger partial charge >= 0.3 is 0 Å². The van der Waals surface area contributed by atoms with Gasteiger partial charge in [0.15, 0.2) is 0 Å². The van der Waals surface area contributed by atoms with Crippen LogP contribution < -0.4 is 26.0 Å². The van der Waals surface area contributed by atoms with E-state index in [4.69, 9.17) is 16.3 Å². The first-order valence-electron chi connectivity index (χ1n) is 27.8. The molecule has 0 radical (unpaired) electrons. The van der Waals surface area contributed by atoms with Gasteiger partial charge in [0.25, 0.3) is 0 Å². The Kier molecular flexibility index (Phi) is 20.6. The van der Waals surface area contributed by atoms with Crippen molar-refractivity contribution in [2.45, 2.75) is 123 Å². The minimum Gasteiger partial charge on any atom is -0.491 e. The number of nitrogens with zero attached hydrogens (tertiary/aromatic N) is 7. The summed E-state index contributed by atoms with van der Waals surface area (Å²) in [6.45, 7) is 17.8. The number of hydrogen-bond donors (Lipinski definition) is 5. The summed E-state index contributed by atoms with van der Waals surface area (Å²) >= 11 is 7.58. The summed E-state index contributed by atoms with van der Waals surface area (Å²) < 4.78 is 20.0. The zero-order valence-electron chi connectivity index (χ0n) is 46.3. The highest BCUT2D eigenvalue weighted by Crippen LogP contribution is 2.35. The highest BCUT2D eigenvalue weighted by Gasteiger charge is 2.44. The molecule has 3 aliphatic rings. The van der Waals surface area contributed by atoms with E-state index < -0.39 is 35.3 Å². The Morgan fingerprint density at radius 3 is 2.35 bits per heavy atom. The number of likely N-dealkylation sites (tertiary alicyclic amines) is 2. The predicted molar refractivity (Wildman–Crippen MR) is 310 cm³/mol. The maximum Gasteiger partial charge on any atom is 0.247 e. The number of aryl methyl sites for hydroxylation is 1. The molecule has 80 heavy (non-hydrogen) atoms. The molecule has 3 saturated heterocycles. The summed E-state index contributed by atoms with van der Waals surface area (Å²) in [6, 6.07) is 14.4. The number of aliphatic hydroxyl groups excluding tert-OH is 1. The Morgan fingerprint density at radius 1 is 0.925 bits per heavy atom. The lowest BCUT2D eigenvalue weighted by Crippen LogP contribution is -2.57. The van der Waals surface area contributed by atoms with Gasteiger partial charge in [-0.25, -0.2) is 19.3 Å². The molecule has 0 spiro atoms. The summed E-state index contributed by atoms with van der Waals surface area (Å²) in [4.78, 5) is 89.2. The summed E-state index contributed by atoms with van der Waals surface area (Å²) in [5, 5.41) is 23.1. The molecule has 18 nitrogen and oxygen atoms in total. The molecule has 3 atom stereocenters. The Labute approximate surface area is 476 Å². The number of β-amino-alcohol motifs (C(OH)–C–C–N with tert-alkyl or cyclic N) is 1. The van der Waals surface area contributed by atoms with Gasteiger partial charge in [-0.3, -0.25) is 28.9 Å². The lowest BCUT2D eigenvalue weighted by atomic mass is 9.85. The largest absolute Gasteiger partial charge is 0.491 e. The van der Waals surface area contributed by atoms with E-state index in [2.05, 4.69) is 52.6 Å². The fourth-order valence-electron chi connectivity index (χ4n) is 10.7. The van der Waals surface area contributed by atoms with Crippen LogP contribution in [0.2, 0.25) is 5.02 Å². The monoisotopic (exact) mass is 1140 g/mol. The van der Waals surface area contributed by atoms with Gasteiger partial charge in [-0.2, -0.15) is 0 Å². The van der Waals surface area contributed by atoms with Crippen LogP contribution in [0.15, 0.2) is 79.1 Å². The zero-order chi connectivity index (χ0) is 56.9. The van der Waals surface area contributed by atoms with Gasteiger partial charge in [0.2, 0.25) is 29.5 Å². The van der Waals surface area contributed by atoms with E-state index in [1.54, 1.807) is 29.5 Å². The van der Waals surface area contributed by atoms with E-state index in [0.717, 1.165) is 92.9 Å². The number of aromatic nitrogens is 3. The number of benzene rings is 3. The maximum absolute atomic E-state index is 14.1. The number of unbranched alkanes of at least 4 members (excludes halogenated alkanes) is 3. The molecule has 0 bridgehead atoms. The van der Waals surface area contributed by atoms with E-state index in [0.29, 0.717) is 72.4 Å². The van der Waals surface area contributed by atoms with Gasteiger partial charge in [0.05, 0.1) is 45.0 Å². The minimum atomic E-state index is -0.892. The van der Waals surface area contributed by atoms with E-state index in [9.17, 15) is 33.5 Å². The van der Waals surface area contributed by atoms with Crippen LogP contribution in [0.4, 0.5) is 21.6 Å². The number of amides is 5. The van der Waals surface area contributed by atoms with Crippen molar-refractivity contribution < 1.29 is 38.2 Å². The van der Waals surface area contributed by atoms with Gasteiger partial charge in [-0.15, -0.1) is 11.3 Å². The SMILES string of the molecule is C=CC(=O)Nc1cc2c(Nc3ccc(F)c(Cl)c3)ncnc2cc1OCCCN1CCC(N2CCN(C(=O)CCCCCCC(=O)NC(C(=O)N3C[C@H](O)C[C@H]3C(=O)NCc3ccc(-c4scnc4C)cc3)C(C)(C)C)CC2)CC1. The highest BCUT2D eigenvalue weighted by molar-refractivity contribution is 7.13. The molecular formula is C59H75ClFN11O7S.